The lowest BCUT2D eigenvalue weighted by Crippen LogP contribution is -2.41. The van der Waals surface area contributed by atoms with Gasteiger partial charge in [0.2, 0.25) is 0 Å². The third-order valence-corrected chi connectivity index (χ3v) is 16.2. The molecule has 432 valence electrons. The second-order valence-electron chi connectivity index (χ2n) is 23.4. The molecular weight excluding hydrogens is 1170 g/mol. The van der Waals surface area contributed by atoms with E-state index in [1.165, 1.54) is 0 Å². The lowest BCUT2D eigenvalue weighted by molar-refractivity contribution is 0.00578. The first kappa shape index (κ1) is 60.2. The first-order valence-corrected chi connectivity index (χ1v) is 29.1. The van der Waals surface area contributed by atoms with Gasteiger partial charge in [-0.3, -0.25) is 18.7 Å². The molecule has 0 unspecified atom stereocenters. The Morgan fingerprint density at radius 3 is 1.41 bits per heavy atom. The van der Waals surface area contributed by atoms with Gasteiger partial charge >= 0.3 is 14.0 Å². The molecule has 10 aromatic rings. The van der Waals surface area contributed by atoms with E-state index in [9.17, 15) is 0 Å². The third-order valence-electron chi connectivity index (χ3n) is 15.1. The van der Waals surface area contributed by atoms with Crippen LogP contribution in [0.1, 0.15) is 129 Å². The predicted molar refractivity (Wildman–Crippen MR) is 330 cm³/mol. The number of oxazole rings is 2. The van der Waals surface area contributed by atoms with Crippen LogP contribution < -0.4 is 10.6 Å². The summed E-state index contributed by atoms with van der Waals surface area (Å²) in [5, 5.41) is 24.9. The summed E-state index contributed by atoms with van der Waals surface area (Å²) in [4.78, 5) is 18.4. The number of hydrogen-bond donors (Lipinski definition) is 2. The Kier molecular flexibility index (Phi) is 17.1. The van der Waals surface area contributed by atoms with Gasteiger partial charge in [0.15, 0.2) is 22.9 Å². The number of aryl methyl sites for hydroxylation is 6. The Hall–Kier alpha value is -6.43. The Bertz CT molecular complexity index is 3850. The number of nitrogens with zero attached hydrogens (tertiary/aromatic N) is 12. The fourth-order valence-electron chi connectivity index (χ4n) is 9.50. The van der Waals surface area contributed by atoms with E-state index in [4.69, 9.17) is 37.5 Å². The molecule has 8 aromatic heterocycles. The summed E-state index contributed by atoms with van der Waals surface area (Å²) in [5.74, 6) is 1.34. The fraction of sp³-hybridized carbons (Fsp3) is 0.448. The molecule has 2 N–H and O–H groups in total. The first-order valence-electron chi connectivity index (χ1n) is 27.5. The molecule has 0 saturated carbocycles. The zero-order valence-electron chi connectivity index (χ0n) is 50.2. The van der Waals surface area contributed by atoms with E-state index in [-0.39, 0.29) is 34.5 Å². The molecule has 0 atom stereocenters. The summed E-state index contributed by atoms with van der Waals surface area (Å²) in [6.07, 6.45) is 7.75. The van der Waals surface area contributed by atoms with E-state index in [1.807, 2.05) is 174 Å². The number of para-hydroxylation sites is 2. The standard InChI is InChI=1S/C23H25N7O.C15H19BrN6.C12H24B2O4.C8H6BrNO/c1-13(2)30-23-19(24-10-16-11-25-29(5)12-16)9-18(27-21(23)14(3)28-30)17-7-6-8-20-22(17)26-15(4)31-20;1-9(2)22-15-12(17-6-11-7-18-21(4)8-11)5-13(16)19-14(15)10(3)20-22;1-9(2)10(3,4)16-13(15-9)14-17-11(5,6)12(7,8)18-14;1-5-10-8-6(9)3-2-4-7(8)11-5/h6-9,11-13H,10H2,1-5H3,(H,24,27);5,7-9H,6H2,1-4H3,(H,17,19);1-8H3;2-4H,1H3. The summed E-state index contributed by atoms with van der Waals surface area (Å²) in [7, 11) is 2.89. The molecule has 2 saturated heterocycles. The minimum Gasteiger partial charge on any atom is -0.441 e. The van der Waals surface area contributed by atoms with Crippen molar-refractivity contribution in [3.8, 4) is 11.3 Å². The molecule has 2 aliphatic heterocycles. The molecule has 2 aliphatic rings. The quantitative estimate of drug-likeness (QED) is 0.0963. The summed E-state index contributed by atoms with van der Waals surface area (Å²) in [6, 6.07) is 16.3. The number of anilines is 2. The van der Waals surface area contributed by atoms with Gasteiger partial charge in [-0.25, -0.2) is 19.9 Å². The molecule has 20 nitrogen and oxygen atoms in total. The van der Waals surface area contributed by atoms with Crippen LogP contribution in [0.2, 0.25) is 0 Å². The summed E-state index contributed by atoms with van der Waals surface area (Å²) in [6.45, 7) is 33.8. The maximum atomic E-state index is 5.96. The molecule has 0 radical (unpaired) electrons. The largest absolute Gasteiger partial charge is 0.488 e. The van der Waals surface area contributed by atoms with Crippen molar-refractivity contribution in [3.63, 3.8) is 0 Å². The fourth-order valence-corrected chi connectivity index (χ4v) is 10.3. The molecule has 10 heterocycles. The van der Waals surface area contributed by atoms with Crippen LogP contribution in [0.15, 0.2) is 91.2 Å². The van der Waals surface area contributed by atoms with Crippen molar-refractivity contribution in [2.75, 3.05) is 10.6 Å². The molecule has 24 heteroatoms. The number of nitrogens with one attached hydrogen (secondary N) is 2. The van der Waals surface area contributed by atoms with Gasteiger partial charge in [-0.05, 0) is 159 Å². The topological polar surface area (TPSA) is 210 Å². The van der Waals surface area contributed by atoms with E-state index in [0.29, 0.717) is 24.9 Å². The van der Waals surface area contributed by atoms with Gasteiger partial charge in [0, 0.05) is 86.7 Å². The van der Waals surface area contributed by atoms with E-state index in [1.54, 1.807) is 9.36 Å². The average Bonchev–Trinajstić information content (AvgIpc) is 4.48. The van der Waals surface area contributed by atoms with Gasteiger partial charge in [-0.2, -0.15) is 20.4 Å². The van der Waals surface area contributed by atoms with Crippen LogP contribution >= 0.6 is 31.9 Å². The average molecular weight is 1240 g/mol. The second-order valence-corrected chi connectivity index (χ2v) is 25.1. The van der Waals surface area contributed by atoms with Gasteiger partial charge in [0.05, 0.1) is 63.3 Å². The Balaban J connectivity index is 0.000000140. The van der Waals surface area contributed by atoms with Gasteiger partial charge in [-0.1, -0.05) is 18.2 Å². The number of hydrogen-bond acceptors (Lipinski definition) is 16. The third kappa shape index (κ3) is 12.6. The van der Waals surface area contributed by atoms with Crippen molar-refractivity contribution < 1.29 is 27.5 Å². The Labute approximate surface area is 496 Å². The number of rotatable bonds is 10. The molecule has 0 bridgehead atoms. The highest BCUT2D eigenvalue weighted by Crippen LogP contribution is 2.43. The minimum atomic E-state index is -0.476. The van der Waals surface area contributed by atoms with E-state index < -0.39 is 14.0 Å². The zero-order valence-corrected chi connectivity index (χ0v) is 53.4. The van der Waals surface area contributed by atoms with Crippen molar-refractivity contribution in [3.05, 3.63) is 117 Å². The van der Waals surface area contributed by atoms with Gasteiger partial charge < -0.3 is 38.1 Å². The second kappa shape index (κ2) is 23.3. The van der Waals surface area contributed by atoms with Crippen molar-refractivity contribution in [2.24, 2.45) is 14.1 Å². The molecule has 82 heavy (non-hydrogen) atoms. The number of fused-ring (bicyclic) bond motifs is 4. The molecule has 0 amide bonds. The molecular formula is C58H74B2Br2N14O6. The van der Waals surface area contributed by atoms with E-state index in [0.717, 1.165) is 98.5 Å². The number of halogens is 2. The van der Waals surface area contributed by atoms with Crippen LogP contribution in [0.5, 0.6) is 0 Å². The van der Waals surface area contributed by atoms with E-state index in [2.05, 4.69) is 107 Å². The smallest absolute Gasteiger partial charge is 0.441 e. The Morgan fingerprint density at radius 2 is 0.976 bits per heavy atom. The van der Waals surface area contributed by atoms with Crippen LogP contribution in [0.4, 0.5) is 11.4 Å². The first-order chi connectivity index (χ1) is 38.5. The number of pyridine rings is 2. The summed E-state index contributed by atoms with van der Waals surface area (Å²) >= 11 is 6.88. The van der Waals surface area contributed by atoms with Crippen LogP contribution in [-0.2, 0) is 45.8 Å². The lowest BCUT2D eigenvalue weighted by Gasteiger charge is -2.32. The summed E-state index contributed by atoms with van der Waals surface area (Å²) < 4.78 is 44.3. The number of aromatic nitrogens is 12. The van der Waals surface area contributed by atoms with Crippen LogP contribution in [0.3, 0.4) is 0 Å². The maximum Gasteiger partial charge on any atom is 0.488 e. The van der Waals surface area contributed by atoms with Gasteiger partial charge in [0.1, 0.15) is 37.7 Å². The van der Waals surface area contributed by atoms with E-state index >= 15 is 0 Å². The molecule has 12 rings (SSSR count). The Morgan fingerprint density at radius 1 is 0.549 bits per heavy atom. The highest BCUT2D eigenvalue weighted by Gasteiger charge is 2.63. The summed E-state index contributed by atoms with van der Waals surface area (Å²) in [5.41, 5.74) is 13.6. The lowest BCUT2D eigenvalue weighted by atomic mass is 9.49. The minimum absolute atomic E-state index is 0.212. The van der Waals surface area contributed by atoms with Crippen molar-refractivity contribution in [1.82, 2.24) is 59.1 Å². The van der Waals surface area contributed by atoms with Crippen LogP contribution in [0.25, 0.3) is 55.5 Å². The molecule has 2 aromatic carbocycles. The molecule has 0 spiro atoms. The van der Waals surface area contributed by atoms with Gasteiger partial charge in [0.25, 0.3) is 0 Å². The molecule has 0 aliphatic carbocycles. The van der Waals surface area contributed by atoms with Crippen LogP contribution in [-0.4, -0.2) is 95.5 Å². The molecule has 2 fully saturated rings. The monoisotopic (exact) mass is 1240 g/mol. The highest BCUT2D eigenvalue weighted by atomic mass is 79.9. The maximum absolute atomic E-state index is 5.96. The number of benzene rings is 2. The van der Waals surface area contributed by atoms with Crippen molar-refractivity contribution in [1.29, 1.82) is 0 Å². The van der Waals surface area contributed by atoms with Crippen molar-refractivity contribution >= 4 is 102 Å². The normalized spacial score (nSPS) is 16.0. The SMILES string of the molecule is CC1(C)OB(B2OC(C)(C)C(C)(C)O2)OC1(C)C.Cc1nc2c(-c3cc(NCc4cnn(C)c4)c4c(n3)c(C)nn4C(C)C)cccc2o1.Cc1nc2c(Br)cccc2o1.Cc1nn(C(C)C)c2c(NCc3cnn(C)c3)cc(Br)nc12. The predicted octanol–water partition coefficient (Wildman–Crippen LogP) is 13.4. The highest BCUT2D eigenvalue weighted by molar-refractivity contribution is 9.10. The van der Waals surface area contributed by atoms with Crippen molar-refractivity contribution in [2.45, 2.75) is 158 Å². The van der Waals surface area contributed by atoms with Crippen LogP contribution in [0, 0.1) is 27.7 Å². The van der Waals surface area contributed by atoms with Gasteiger partial charge in [-0.15, -0.1) is 0 Å². The zero-order chi connectivity index (χ0) is 59.4.